The summed E-state index contributed by atoms with van der Waals surface area (Å²) in [5, 5.41) is 5.93. The van der Waals surface area contributed by atoms with Gasteiger partial charge in [0.15, 0.2) is 0 Å². The molecule has 0 bridgehead atoms. The van der Waals surface area contributed by atoms with Crippen molar-refractivity contribution < 1.29 is 9.59 Å². The van der Waals surface area contributed by atoms with Crippen LogP contribution in [0.1, 0.15) is 30.4 Å². The lowest BCUT2D eigenvalue weighted by molar-refractivity contribution is -0.129. The average molecular weight is 295 g/mol. The van der Waals surface area contributed by atoms with E-state index in [9.17, 15) is 9.59 Å². The van der Waals surface area contributed by atoms with Crippen LogP contribution >= 0.6 is 11.6 Å². The van der Waals surface area contributed by atoms with E-state index in [4.69, 9.17) is 11.6 Å². The minimum atomic E-state index is -0.258. The van der Waals surface area contributed by atoms with Crippen molar-refractivity contribution in [2.75, 3.05) is 11.9 Å². The van der Waals surface area contributed by atoms with Gasteiger partial charge in [-0.15, -0.1) is 0 Å². The minimum Gasteiger partial charge on any atom is -0.347 e. The zero-order valence-corrected chi connectivity index (χ0v) is 12.5. The first kappa shape index (κ1) is 14.9. The van der Waals surface area contributed by atoms with Crippen LogP contribution in [-0.4, -0.2) is 18.4 Å². The highest BCUT2D eigenvalue weighted by Crippen LogP contribution is 2.27. The normalized spacial score (nSPS) is 14.6. The first-order valence-electron chi connectivity index (χ1n) is 6.81. The van der Waals surface area contributed by atoms with Crippen molar-refractivity contribution >= 4 is 29.1 Å². The summed E-state index contributed by atoms with van der Waals surface area (Å²) in [4.78, 5) is 23.5. The number of aryl methyl sites for hydroxylation is 2. The number of halogens is 1. The molecule has 2 rings (SSSR count). The fourth-order valence-corrected chi connectivity index (χ4v) is 2.61. The van der Waals surface area contributed by atoms with Crippen LogP contribution in [0.5, 0.6) is 0 Å². The molecule has 108 valence electrons. The van der Waals surface area contributed by atoms with Gasteiger partial charge < -0.3 is 10.6 Å². The third kappa shape index (κ3) is 3.51. The molecule has 0 atom stereocenters. The Hall–Kier alpha value is -1.55. The number of benzene rings is 1. The predicted molar refractivity (Wildman–Crippen MR) is 79.9 cm³/mol. The number of carbonyl (C=O) groups excluding carboxylic acids is 2. The first-order valence-corrected chi connectivity index (χ1v) is 7.19. The van der Waals surface area contributed by atoms with Gasteiger partial charge in [-0.1, -0.05) is 24.1 Å². The third-order valence-corrected chi connectivity index (χ3v) is 3.89. The van der Waals surface area contributed by atoms with Crippen LogP contribution in [0.25, 0.3) is 0 Å². The van der Waals surface area contributed by atoms with E-state index >= 15 is 0 Å². The SMILES string of the molecule is Cc1cc(C)c(NC(=O)CNC(=O)C2CCC2)c(Cl)c1. The molecular weight excluding hydrogens is 276 g/mol. The van der Waals surface area contributed by atoms with Crippen LogP contribution in [0, 0.1) is 19.8 Å². The van der Waals surface area contributed by atoms with Crippen molar-refractivity contribution in [3.8, 4) is 0 Å². The molecule has 0 spiro atoms. The van der Waals surface area contributed by atoms with Gasteiger partial charge in [-0.05, 0) is 43.9 Å². The fourth-order valence-electron chi connectivity index (χ4n) is 2.24. The van der Waals surface area contributed by atoms with E-state index in [0.29, 0.717) is 10.7 Å². The minimum absolute atomic E-state index is 0.0149. The van der Waals surface area contributed by atoms with Crippen molar-refractivity contribution in [1.82, 2.24) is 5.32 Å². The second kappa shape index (κ2) is 6.27. The van der Waals surface area contributed by atoms with E-state index in [-0.39, 0.29) is 24.3 Å². The Morgan fingerprint density at radius 2 is 2.00 bits per heavy atom. The molecule has 1 fully saturated rings. The zero-order chi connectivity index (χ0) is 14.7. The van der Waals surface area contributed by atoms with Gasteiger partial charge in [0.1, 0.15) is 0 Å². The lowest BCUT2D eigenvalue weighted by Crippen LogP contribution is -2.39. The number of hydrogen-bond donors (Lipinski definition) is 2. The molecule has 2 amide bonds. The molecule has 5 heteroatoms. The second-order valence-corrected chi connectivity index (χ2v) is 5.74. The number of anilines is 1. The summed E-state index contributed by atoms with van der Waals surface area (Å²) in [6.45, 7) is 3.82. The largest absolute Gasteiger partial charge is 0.347 e. The Bertz CT molecular complexity index is 516. The Labute approximate surface area is 123 Å². The Kier molecular flexibility index (Phi) is 4.65. The van der Waals surface area contributed by atoms with Gasteiger partial charge in [-0.25, -0.2) is 0 Å². The molecule has 20 heavy (non-hydrogen) atoms. The molecule has 0 saturated heterocycles. The number of amides is 2. The molecule has 0 aromatic heterocycles. The Balaban J connectivity index is 1.89. The number of rotatable bonds is 4. The quantitative estimate of drug-likeness (QED) is 0.897. The van der Waals surface area contributed by atoms with Crippen molar-refractivity contribution in [2.45, 2.75) is 33.1 Å². The highest BCUT2D eigenvalue weighted by atomic mass is 35.5. The molecule has 1 aromatic carbocycles. The summed E-state index contributed by atoms with van der Waals surface area (Å²) < 4.78 is 0. The summed E-state index contributed by atoms with van der Waals surface area (Å²) in [5.41, 5.74) is 2.57. The van der Waals surface area contributed by atoms with Crippen LogP contribution < -0.4 is 10.6 Å². The molecule has 2 N–H and O–H groups in total. The molecule has 1 saturated carbocycles. The highest BCUT2D eigenvalue weighted by molar-refractivity contribution is 6.34. The molecule has 4 nitrogen and oxygen atoms in total. The van der Waals surface area contributed by atoms with Crippen LogP contribution in [0.2, 0.25) is 5.02 Å². The third-order valence-electron chi connectivity index (χ3n) is 3.60. The highest BCUT2D eigenvalue weighted by Gasteiger charge is 2.25. The second-order valence-electron chi connectivity index (χ2n) is 5.33. The van der Waals surface area contributed by atoms with E-state index in [1.165, 1.54) is 0 Å². The summed E-state index contributed by atoms with van der Waals surface area (Å²) >= 11 is 6.12. The number of hydrogen-bond acceptors (Lipinski definition) is 2. The number of nitrogens with one attached hydrogen (secondary N) is 2. The molecule has 0 unspecified atom stereocenters. The number of carbonyl (C=O) groups is 2. The van der Waals surface area contributed by atoms with Crippen molar-refractivity contribution in [1.29, 1.82) is 0 Å². The van der Waals surface area contributed by atoms with E-state index in [2.05, 4.69) is 10.6 Å². The van der Waals surface area contributed by atoms with Gasteiger partial charge in [-0.2, -0.15) is 0 Å². The molecule has 1 aliphatic carbocycles. The lowest BCUT2D eigenvalue weighted by Gasteiger charge is -2.23. The van der Waals surface area contributed by atoms with E-state index in [1.54, 1.807) is 6.07 Å². The van der Waals surface area contributed by atoms with Crippen molar-refractivity contribution in [3.63, 3.8) is 0 Å². The maximum absolute atomic E-state index is 11.9. The fraction of sp³-hybridized carbons (Fsp3) is 0.467. The standard InChI is InChI=1S/C15H19ClN2O2/c1-9-6-10(2)14(12(16)7-9)18-13(19)8-17-15(20)11-4-3-5-11/h6-7,11H,3-5,8H2,1-2H3,(H,17,20)(H,18,19). The molecule has 1 aromatic rings. The smallest absolute Gasteiger partial charge is 0.243 e. The molecular formula is C15H19ClN2O2. The van der Waals surface area contributed by atoms with Gasteiger partial charge in [0.05, 0.1) is 17.3 Å². The average Bonchev–Trinajstić information content (AvgIpc) is 2.29. The summed E-state index contributed by atoms with van der Waals surface area (Å²) in [6.07, 6.45) is 2.95. The van der Waals surface area contributed by atoms with Crippen LogP contribution in [0.15, 0.2) is 12.1 Å². The molecule has 0 heterocycles. The van der Waals surface area contributed by atoms with Gasteiger partial charge in [0, 0.05) is 5.92 Å². The molecule has 1 aliphatic rings. The zero-order valence-electron chi connectivity index (χ0n) is 11.8. The first-order chi connectivity index (χ1) is 9.47. The van der Waals surface area contributed by atoms with Crippen LogP contribution in [0.3, 0.4) is 0 Å². The topological polar surface area (TPSA) is 58.2 Å². The maximum atomic E-state index is 11.9. The van der Waals surface area contributed by atoms with E-state index in [0.717, 1.165) is 30.4 Å². The molecule has 0 aliphatic heterocycles. The van der Waals surface area contributed by atoms with Crippen molar-refractivity contribution in [3.05, 3.63) is 28.3 Å². The lowest BCUT2D eigenvalue weighted by atomic mass is 9.85. The van der Waals surface area contributed by atoms with Gasteiger partial charge in [0.25, 0.3) is 0 Å². The van der Waals surface area contributed by atoms with Crippen molar-refractivity contribution in [2.24, 2.45) is 5.92 Å². The van der Waals surface area contributed by atoms with Crippen LogP contribution in [-0.2, 0) is 9.59 Å². The van der Waals surface area contributed by atoms with Crippen LogP contribution in [0.4, 0.5) is 5.69 Å². The van der Waals surface area contributed by atoms with Gasteiger partial charge in [-0.3, -0.25) is 9.59 Å². The molecule has 0 radical (unpaired) electrons. The Morgan fingerprint density at radius 1 is 1.30 bits per heavy atom. The monoisotopic (exact) mass is 294 g/mol. The van der Waals surface area contributed by atoms with Gasteiger partial charge >= 0.3 is 0 Å². The predicted octanol–water partition coefficient (Wildman–Crippen LogP) is 2.81. The summed E-state index contributed by atoms with van der Waals surface area (Å²) in [5.74, 6) is -0.197. The summed E-state index contributed by atoms with van der Waals surface area (Å²) in [7, 11) is 0. The van der Waals surface area contributed by atoms with E-state index < -0.39 is 0 Å². The Morgan fingerprint density at radius 3 is 2.55 bits per heavy atom. The van der Waals surface area contributed by atoms with Gasteiger partial charge in [0.2, 0.25) is 11.8 Å². The summed E-state index contributed by atoms with van der Waals surface area (Å²) in [6, 6.07) is 3.76. The van der Waals surface area contributed by atoms with E-state index in [1.807, 2.05) is 19.9 Å². The maximum Gasteiger partial charge on any atom is 0.243 e.